The molecule has 0 aromatic heterocycles. The Kier molecular flexibility index (Phi) is 10.7. The Hall–Kier alpha value is -1.81. The summed E-state index contributed by atoms with van der Waals surface area (Å²) in [7, 11) is 0. The van der Waals surface area contributed by atoms with Crippen LogP contribution in [0.4, 0.5) is 21.5 Å². The first-order valence-electron chi connectivity index (χ1n) is 13.7. The van der Waals surface area contributed by atoms with Crippen LogP contribution in [0.15, 0.2) is 66.7 Å². The molecule has 1 nitrogen and oxygen atoms in total. The van der Waals surface area contributed by atoms with Crippen molar-refractivity contribution in [3.05, 3.63) is 83.7 Å². The molecule has 35 heavy (non-hydrogen) atoms. The van der Waals surface area contributed by atoms with Crippen LogP contribution < -0.4 is 8.48 Å². The zero-order chi connectivity index (χ0) is 25.3. The third-order valence-electron chi connectivity index (χ3n) is 7.39. The van der Waals surface area contributed by atoms with Crippen molar-refractivity contribution in [3.63, 3.8) is 0 Å². The van der Waals surface area contributed by atoms with Gasteiger partial charge in [-0.2, -0.15) is 0 Å². The van der Waals surface area contributed by atoms with Crippen LogP contribution >= 0.6 is 0 Å². The number of hydrogen-bond donors (Lipinski definition) is 0. The van der Waals surface area contributed by atoms with Gasteiger partial charge in [0, 0.05) is 0 Å². The van der Waals surface area contributed by atoms with Crippen molar-refractivity contribution in [3.8, 4) is 0 Å². The molecule has 0 aliphatic carbocycles. The molecule has 0 aliphatic heterocycles. The van der Waals surface area contributed by atoms with E-state index in [1.54, 1.807) is 0 Å². The first-order valence-corrected chi connectivity index (χ1v) is 21.2. The molecule has 0 atom stereocenters. The van der Waals surface area contributed by atoms with Gasteiger partial charge in [0.2, 0.25) is 0 Å². The zero-order valence-corrected chi connectivity index (χ0v) is 25.4. The average molecular weight is 580 g/mol. The molecule has 0 spiro atoms. The summed E-state index contributed by atoms with van der Waals surface area (Å²) in [6, 6.07) is 23.2. The number of anilines is 3. The monoisotopic (exact) mass is 581 g/mol. The first-order chi connectivity index (χ1) is 16.9. The summed E-state index contributed by atoms with van der Waals surface area (Å²) in [5.74, 6) is 0.0332. The summed E-state index contributed by atoms with van der Waals surface area (Å²) in [4.78, 5) is 2.19. The molecule has 0 radical (unpaired) electrons. The Morgan fingerprint density at radius 2 is 1.00 bits per heavy atom. The Balaban J connectivity index is 2.09. The molecule has 3 aromatic rings. The van der Waals surface area contributed by atoms with Gasteiger partial charge < -0.3 is 0 Å². The van der Waals surface area contributed by atoms with Crippen molar-refractivity contribution in [2.75, 3.05) is 4.90 Å². The topological polar surface area (TPSA) is 3.24 Å². The van der Waals surface area contributed by atoms with Gasteiger partial charge in [0.05, 0.1) is 0 Å². The fourth-order valence-corrected chi connectivity index (χ4v) is 21.4. The van der Waals surface area contributed by atoms with Crippen LogP contribution in [0.1, 0.15) is 70.4 Å². The molecule has 3 rings (SSSR count). The summed E-state index contributed by atoms with van der Waals surface area (Å²) >= 11 is -2.84. The van der Waals surface area contributed by atoms with Gasteiger partial charge in [0.15, 0.2) is 0 Å². The standard InChI is InChI=1S/C20H17FN.3C4H9.Sn/c1-15-6-10-18(11-7-15)22(19-12-8-16(2)9-13-19)20-5-3-4-17(21)14-20;3*1-3-4-2;/h3,5-14H,1-2H3;3*1,3-4H2,2H3;. The van der Waals surface area contributed by atoms with Crippen LogP contribution in [0.25, 0.3) is 0 Å². The van der Waals surface area contributed by atoms with Crippen molar-refractivity contribution in [2.24, 2.45) is 0 Å². The molecule has 3 heteroatoms. The normalized spacial score (nSPS) is 11.6. The van der Waals surface area contributed by atoms with Gasteiger partial charge >= 0.3 is 218 Å². The number of aryl methyl sites for hydroxylation is 2. The fraction of sp³-hybridized carbons (Fsp3) is 0.438. The van der Waals surface area contributed by atoms with Crippen molar-refractivity contribution in [2.45, 2.75) is 86.5 Å². The van der Waals surface area contributed by atoms with Crippen molar-refractivity contribution in [1.29, 1.82) is 0 Å². The summed E-state index contributed by atoms with van der Waals surface area (Å²) in [5.41, 5.74) is 5.47. The van der Waals surface area contributed by atoms with Gasteiger partial charge in [-0.25, -0.2) is 0 Å². The van der Waals surface area contributed by atoms with E-state index in [2.05, 4.69) is 100 Å². The Bertz CT molecular complexity index is 975. The molecular weight excluding hydrogens is 536 g/mol. The number of hydrogen-bond acceptors (Lipinski definition) is 1. The summed E-state index contributed by atoms with van der Waals surface area (Å²) in [6.45, 7) is 11.0. The van der Waals surface area contributed by atoms with Gasteiger partial charge in [-0.3, -0.25) is 0 Å². The predicted molar refractivity (Wildman–Crippen MR) is 155 cm³/mol. The van der Waals surface area contributed by atoms with Gasteiger partial charge in [0.25, 0.3) is 0 Å². The van der Waals surface area contributed by atoms with Crippen molar-refractivity contribution < 1.29 is 4.39 Å². The minimum atomic E-state index is -2.84. The van der Waals surface area contributed by atoms with Crippen LogP contribution in [0.3, 0.4) is 0 Å². The van der Waals surface area contributed by atoms with E-state index >= 15 is 4.39 Å². The third kappa shape index (κ3) is 7.12. The van der Waals surface area contributed by atoms with E-state index in [-0.39, 0.29) is 5.82 Å². The van der Waals surface area contributed by atoms with Gasteiger partial charge in [-0.05, 0) is 0 Å². The van der Waals surface area contributed by atoms with Crippen molar-refractivity contribution >= 4 is 39.0 Å². The van der Waals surface area contributed by atoms with E-state index < -0.39 is 18.4 Å². The first kappa shape index (κ1) is 27.8. The molecular formula is C32H44FNSn. The summed E-state index contributed by atoms with van der Waals surface area (Å²) in [6.07, 6.45) is 7.32. The molecule has 0 amide bonds. The van der Waals surface area contributed by atoms with Crippen molar-refractivity contribution in [1.82, 2.24) is 0 Å². The Morgan fingerprint density at radius 1 is 0.600 bits per heavy atom. The molecule has 0 bridgehead atoms. The number of unbranched alkanes of at least 4 members (excludes halogenated alkanes) is 3. The second-order valence-corrected chi connectivity index (χ2v) is 23.4. The van der Waals surface area contributed by atoms with E-state index in [9.17, 15) is 0 Å². The Morgan fingerprint density at radius 3 is 1.37 bits per heavy atom. The third-order valence-corrected chi connectivity index (χ3v) is 23.0. The number of halogens is 1. The number of nitrogens with zero attached hydrogens (tertiary/aromatic N) is 1. The molecule has 0 heterocycles. The molecule has 0 fully saturated rings. The summed E-state index contributed by atoms with van der Waals surface area (Å²) in [5, 5.41) is 0. The average Bonchev–Trinajstić information content (AvgIpc) is 2.86. The molecule has 3 aromatic carbocycles. The van der Waals surface area contributed by atoms with E-state index in [1.807, 2.05) is 6.07 Å². The summed E-state index contributed by atoms with van der Waals surface area (Å²) < 4.78 is 21.1. The zero-order valence-electron chi connectivity index (χ0n) is 22.5. The Labute approximate surface area is 217 Å². The molecule has 0 aliphatic rings. The fourth-order valence-electron chi connectivity index (χ4n) is 5.23. The van der Waals surface area contributed by atoms with Crippen LogP contribution in [0.5, 0.6) is 0 Å². The van der Waals surface area contributed by atoms with Gasteiger partial charge in [-0.15, -0.1) is 0 Å². The van der Waals surface area contributed by atoms with Gasteiger partial charge in [0.1, 0.15) is 0 Å². The van der Waals surface area contributed by atoms with E-state index in [1.165, 1.54) is 63.0 Å². The molecule has 0 unspecified atom stereocenters. The van der Waals surface area contributed by atoms with E-state index in [4.69, 9.17) is 0 Å². The maximum atomic E-state index is 16.2. The van der Waals surface area contributed by atoms with Crippen LogP contribution in [-0.4, -0.2) is 18.4 Å². The molecule has 0 saturated carbocycles. The molecule has 188 valence electrons. The SMILES string of the molecule is CCC[CH2][Sn]([CH2]CCC)([CH2]CCC)[c]1ccc(N(c2ccc(C)cc2)c2ccc(C)cc2)cc1F. The maximum absolute atomic E-state index is 16.2. The number of benzene rings is 3. The molecule has 0 saturated heterocycles. The molecule has 0 N–H and O–H groups in total. The minimum absolute atomic E-state index is 0.0332. The predicted octanol–water partition coefficient (Wildman–Crippen LogP) is 9.97. The van der Waals surface area contributed by atoms with E-state index in [0.29, 0.717) is 0 Å². The van der Waals surface area contributed by atoms with E-state index in [0.717, 1.165) is 20.6 Å². The van der Waals surface area contributed by atoms with Gasteiger partial charge in [-0.1, -0.05) is 0 Å². The number of rotatable bonds is 13. The van der Waals surface area contributed by atoms with Crippen LogP contribution in [-0.2, 0) is 0 Å². The van der Waals surface area contributed by atoms with Crippen LogP contribution in [0, 0.1) is 19.7 Å². The second-order valence-electron chi connectivity index (χ2n) is 10.3. The second kappa shape index (κ2) is 13.5. The van der Waals surface area contributed by atoms with Crippen LogP contribution in [0.2, 0.25) is 13.3 Å². The quantitative estimate of drug-likeness (QED) is 0.182.